The molecule has 0 saturated carbocycles. The molecular weight excluding hydrogens is 420 g/mol. The molecule has 2 fully saturated rings. The van der Waals surface area contributed by atoms with Crippen LogP contribution in [0.25, 0.3) is 0 Å². The van der Waals surface area contributed by atoms with Gasteiger partial charge < -0.3 is 54.3 Å². The summed E-state index contributed by atoms with van der Waals surface area (Å²) in [5.74, 6) is -0.671. The lowest BCUT2D eigenvalue weighted by atomic mass is 9.99. The summed E-state index contributed by atoms with van der Waals surface area (Å²) in [6.45, 7) is -0.706. The van der Waals surface area contributed by atoms with Gasteiger partial charge in [0.2, 0.25) is 6.29 Å². The van der Waals surface area contributed by atoms with Crippen molar-refractivity contribution in [3.63, 3.8) is 0 Å². The third-order valence-corrected chi connectivity index (χ3v) is 5.08. The molecule has 6 N–H and O–H groups in total. The van der Waals surface area contributed by atoms with E-state index in [2.05, 4.69) is 4.74 Å². The Balaban J connectivity index is 1.68. The number of para-hydroxylation sites is 1. The summed E-state index contributed by atoms with van der Waals surface area (Å²) in [5.41, 5.74) is 0.0560. The van der Waals surface area contributed by atoms with Crippen LogP contribution in [0.4, 0.5) is 0 Å². The Hall–Kier alpha value is -1.87. The van der Waals surface area contributed by atoms with Crippen LogP contribution in [0.5, 0.6) is 5.75 Å². The predicted molar refractivity (Wildman–Crippen MR) is 98.8 cm³/mol. The van der Waals surface area contributed by atoms with Gasteiger partial charge in [0.25, 0.3) is 0 Å². The highest BCUT2D eigenvalue weighted by Gasteiger charge is 2.46. The number of hydrogen-bond donors (Lipinski definition) is 6. The summed E-state index contributed by atoms with van der Waals surface area (Å²) < 4.78 is 26.2. The van der Waals surface area contributed by atoms with Crippen LogP contribution in [0, 0.1) is 0 Å². The van der Waals surface area contributed by atoms with Crippen LogP contribution in [0.2, 0.25) is 0 Å². The summed E-state index contributed by atoms with van der Waals surface area (Å²) in [6.07, 6.45) is -13.3. The number of rotatable bonds is 6. The minimum atomic E-state index is -1.68. The number of carbonyl (C=O) groups excluding carboxylic acids is 1. The van der Waals surface area contributed by atoms with Gasteiger partial charge in [-0.1, -0.05) is 12.1 Å². The van der Waals surface area contributed by atoms with Gasteiger partial charge in [-0.05, 0) is 12.1 Å². The van der Waals surface area contributed by atoms with E-state index in [0.717, 1.165) is 0 Å². The topological polar surface area (TPSA) is 185 Å². The van der Waals surface area contributed by atoms with E-state index in [1.165, 1.54) is 19.2 Å². The van der Waals surface area contributed by atoms with Crippen molar-refractivity contribution in [1.82, 2.24) is 0 Å². The number of aliphatic hydroxyl groups excluding tert-OH is 6. The van der Waals surface area contributed by atoms with Gasteiger partial charge in [0.05, 0.1) is 20.3 Å². The van der Waals surface area contributed by atoms with Gasteiger partial charge >= 0.3 is 5.97 Å². The molecule has 174 valence electrons. The molecule has 2 aliphatic heterocycles. The molecule has 12 heteroatoms. The molecular formula is C19H26O12. The first-order chi connectivity index (χ1) is 14.7. The maximum absolute atomic E-state index is 11.9. The standard InChI is InChI=1S/C19H26O12/c1-27-17(26)8-4-2-3-5-10(8)30-19-16(25)14(23)13(22)11(31-19)7-29-18-15(24)12(21)9(20)6-28-18/h2-5,9,11-16,18-25H,6-7H2,1H3/t9-,11+,12-,13+,14-,15+,16+,18-,19+/m0/s1. The van der Waals surface area contributed by atoms with Crippen molar-refractivity contribution in [2.45, 2.75) is 55.3 Å². The molecule has 0 bridgehead atoms. The van der Waals surface area contributed by atoms with Gasteiger partial charge in [-0.2, -0.15) is 0 Å². The normalized spacial score (nSPS) is 38.5. The fourth-order valence-corrected chi connectivity index (χ4v) is 3.24. The van der Waals surface area contributed by atoms with Gasteiger partial charge in [0.15, 0.2) is 6.29 Å². The highest BCUT2D eigenvalue weighted by Crippen LogP contribution is 2.28. The van der Waals surface area contributed by atoms with Gasteiger partial charge in [0.1, 0.15) is 54.0 Å². The number of carbonyl (C=O) groups is 1. The Morgan fingerprint density at radius 1 is 0.968 bits per heavy atom. The third kappa shape index (κ3) is 5.14. The van der Waals surface area contributed by atoms with Gasteiger partial charge in [-0.25, -0.2) is 4.79 Å². The molecule has 2 heterocycles. The summed E-state index contributed by atoms with van der Waals surface area (Å²) in [4.78, 5) is 11.9. The van der Waals surface area contributed by atoms with E-state index in [1.54, 1.807) is 12.1 Å². The predicted octanol–water partition coefficient (Wildman–Crippen LogP) is -2.88. The number of ether oxygens (including phenoxy) is 5. The first-order valence-corrected chi connectivity index (χ1v) is 9.55. The quantitative estimate of drug-likeness (QED) is 0.246. The molecule has 12 nitrogen and oxygen atoms in total. The number of esters is 1. The van der Waals surface area contributed by atoms with Crippen LogP contribution in [-0.4, -0.2) is 112 Å². The first-order valence-electron chi connectivity index (χ1n) is 9.55. The highest BCUT2D eigenvalue weighted by atomic mass is 16.7. The van der Waals surface area contributed by atoms with Crippen LogP contribution < -0.4 is 4.74 Å². The molecule has 0 radical (unpaired) electrons. The second-order valence-electron chi connectivity index (χ2n) is 7.20. The van der Waals surface area contributed by atoms with E-state index in [0.29, 0.717) is 0 Å². The molecule has 3 rings (SSSR count). The van der Waals surface area contributed by atoms with Crippen molar-refractivity contribution in [2.75, 3.05) is 20.3 Å². The summed E-state index contributed by atoms with van der Waals surface area (Å²) in [5, 5.41) is 59.8. The fourth-order valence-electron chi connectivity index (χ4n) is 3.24. The van der Waals surface area contributed by atoms with Crippen molar-refractivity contribution in [3.05, 3.63) is 29.8 Å². The van der Waals surface area contributed by atoms with Crippen molar-refractivity contribution in [1.29, 1.82) is 0 Å². The zero-order valence-corrected chi connectivity index (χ0v) is 16.6. The SMILES string of the molecule is COC(=O)c1ccccc1O[C@@H]1O[C@H](CO[C@@H]2OC[C@H](O)[C@H](O)[C@H]2O)[C@@H](O)[C@H](O)[C@H]1O. The van der Waals surface area contributed by atoms with E-state index in [1.807, 2.05) is 0 Å². The average molecular weight is 446 g/mol. The summed E-state index contributed by atoms with van der Waals surface area (Å²) in [6, 6.07) is 6.02. The maximum atomic E-state index is 11.9. The Bertz CT molecular complexity index is 744. The minimum Gasteiger partial charge on any atom is -0.465 e. The molecule has 0 amide bonds. The van der Waals surface area contributed by atoms with E-state index in [-0.39, 0.29) is 17.9 Å². The second-order valence-corrected chi connectivity index (χ2v) is 7.20. The van der Waals surface area contributed by atoms with E-state index >= 15 is 0 Å². The van der Waals surface area contributed by atoms with Crippen LogP contribution in [0.3, 0.4) is 0 Å². The lowest BCUT2D eigenvalue weighted by molar-refractivity contribution is -0.307. The molecule has 0 spiro atoms. The largest absolute Gasteiger partial charge is 0.465 e. The zero-order chi connectivity index (χ0) is 22.7. The highest BCUT2D eigenvalue weighted by molar-refractivity contribution is 5.92. The van der Waals surface area contributed by atoms with Crippen molar-refractivity contribution in [2.24, 2.45) is 0 Å². The zero-order valence-electron chi connectivity index (χ0n) is 16.6. The maximum Gasteiger partial charge on any atom is 0.341 e. The lowest BCUT2D eigenvalue weighted by Gasteiger charge is -2.41. The molecule has 9 atom stereocenters. The molecule has 2 saturated heterocycles. The molecule has 0 unspecified atom stereocenters. The Morgan fingerprint density at radius 2 is 1.65 bits per heavy atom. The minimum absolute atomic E-state index is 0.0183. The van der Waals surface area contributed by atoms with Gasteiger partial charge in [-0.15, -0.1) is 0 Å². The average Bonchev–Trinajstić information content (AvgIpc) is 2.78. The van der Waals surface area contributed by atoms with Crippen molar-refractivity contribution >= 4 is 5.97 Å². The molecule has 0 aliphatic carbocycles. The lowest BCUT2D eigenvalue weighted by Crippen LogP contribution is -2.61. The number of aliphatic hydroxyl groups is 6. The number of methoxy groups -OCH3 is 1. The Kier molecular flexibility index (Phi) is 7.80. The van der Waals surface area contributed by atoms with E-state index < -0.39 is 67.9 Å². The Labute approximate surface area is 177 Å². The third-order valence-electron chi connectivity index (χ3n) is 5.08. The number of hydrogen-bond acceptors (Lipinski definition) is 12. The smallest absolute Gasteiger partial charge is 0.341 e. The molecule has 1 aromatic rings. The molecule has 31 heavy (non-hydrogen) atoms. The van der Waals surface area contributed by atoms with Crippen molar-refractivity contribution < 1.29 is 59.1 Å². The fraction of sp³-hybridized carbons (Fsp3) is 0.632. The summed E-state index contributed by atoms with van der Waals surface area (Å²) in [7, 11) is 1.19. The summed E-state index contributed by atoms with van der Waals surface area (Å²) >= 11 is 0. The van der Waals surface area contributed by atoms with Crippen LogP contribution in [0.1, 0.15) is 10.4 Å². The molecule has 1 aromatic carbocycles. The number of benzene rings is 1. The van der Waals surface area contributed by atoms with E-state index in [9.17, 15) is 35.4 Å². The molecule has 0 aromatic heterocycles. The van der Waals surface area contributed by atoms with Crippen LogP contribution in [0.15, 0.2) is 24.3 Å². The molecule has 2 aliphatic rings. The van der Waals surface area contributed by atoms with Crippen molar-refractivity contribution in [3.8, 4) is 5.75 Å². The van der Waals surface area contributed by atoms with Gasteiger partial charge in [0, 0.05) is 0 Å². The van der Waals surface area contributed by atoms with Crippen LogP contribution >= 0.6 is 0 Å². The van der Waals surface area contributed by atoms with Crippen LogP contribution in [-0.2, 0) is 18.9 Å². The van der Waals surface area contributed by atoms with E-state index in [4.69, 9.17) is 18.9 Å². The Morgan fingerprint density at radius 3 is 2.35 bits per heavy atom. The monoisotopic (exact) mass is 446 g/mol. The first kappa shape index (κ1) is 23.8. The second kappa shape index (κ2) is 10.2. The van der Waals surface area contributed by atoms with Gasteiger partial charge in [-0.3, -0.25) is 0 Å².